The summed E-state index contributed by atoms with van der Waals surface area (Å²) in [5.74, 6) is -0.335. The first-order chi connectivity index (χ1) is 14.1. The summed E-state index contributed by atoms with van der Waals surface area (Å²) in [5.41, 5.74) is -0.180. The Hall–Kier alpha value is -3.16. The Balaban J connectivity index is 1.64. The minimum Gasteiger partial charge on any atom is -0.401 e. The average Bonchev–Trinajstić information content (AvgIpc) is 3.41. The first-order valence-electron chi connectivity index (χ1n) is 9.93. The maximum atomic E-state index is 14.8. The van der Waals surface area contributed by atoms with E-state index >= 15 is 0 Å². The van der Waals surface area contributed by atoms with Crippen LogP contribution >= 0.6 is 0 Å². The lowest BCUT2D eigenvalue weighted by Crippen LogP contribution is -2.44. The van der Waals surface area contributed by atoms with E-state index < -0.39 is 17.1 Å². The minimum atomic E-state index is -0.683. The molecule has 0 N–H and O–H groups in total. The Bertz CT molecular complexity index is 1180. The van der Waals surface area contributed by atoms with Gasteiger partial charge in [-0.15, -0.1) is 0 Å². The number of benzene rings is 1. The molecule has 3 aromatic rings. The molecule has 7 nitrogen and oxygen atoms in total. The molecule has 0 bridgehead atoms. The van der Waals surface area contributed by atoms with E-state index in [0.717, 1.165) is 49.1 Å². The maximum Gasteiger partial charge on any atom is 0.366 e. The van der Waals surface area contributed by atoms with Gasteiger partial charge in [-0.25, -0.2) is 14.2 Å². The molecule has 5 rings (SSSR count). The average molecular weight is 396 g/mol. The fourth-order valence-electron chi connectivity index (χ4n) is 3.84. The van der Waals surface area contributed by atoms with Crippen molar-refractivity contribution in [2.24, 2.45) is 0 Å². The zero-order chi connectivity index (χ0) is 20.0. The fraction of sp³-hybridized carbons (Fsp3) is 0.381. The lowest BCUT2D eigenvalue weighted by molar-refractivity contribution is 0.0772. The fourth-order valence-corrected chi connectivity index (χ4v) is 3.84. The Kier molecular flexibility index (Phi) is 4.34. The van der Waals surface area contributed by atoms with Crippen LogP contribution in [0.4, 0.5) is 10.2 Å². The van der Waals surface area contributed by atoms with Crippen LogP contribution in [0.2, 0.25) is 0 Å². The van der Waals surface area contributed by atoms with Crippen LogP contribution in [0.1, 0.15) is 37.3 Å². The van der Waals surface area contributed by atoms with Crippen molar-refractivity contribution in [2.45, 2.75) is 38.3 Å². The quantitative estimate of drug-likeness (QED) is 0.662. The van der Waals surface area contributed by atoms with E-state index in [1.165, 1.54) is 10.6 Å². The van der Waals surface area contributed by atoms with Crippen molar-refractivity contribution in [3.8, 4) is 0 Å². The highest BCUT2D eigenvalue weighted by Crippen LogP contribution is 2.35. The highest BCUT2D eigenvalue weighted by atomic mass is 19.1. The number of pyridine rings is 1. The van der Waals surface area contributed by atoms with Crippen LogP contribution in [0.15, 0.2) is 46.0 Å². The number of nitrogens with zero attached hydrogens (tertiary/aromatic N) is 4. The van der Waals surface area contributed by atoms with Crippen molar-refractivity contribution in [1.29, 1.82) is 0 Å². The topological polar surface area (TPSA) is 69.4 Å². The van der Waals surface area contributed by atoms with Crippen molar-refractivity contribution >= 4 is 16.9 Å². The molecule has 3 heterocycles. The van der Waals surface area contributed by atoms with Gasteiger partial charge in [0.25, 0.3) is 5.56 Å². The van der Waals surface area contributed by atoms with Gasteiger partial charge < -0.3 is 9.74 Å². The van der Waals surface area contributed by atoms with Gasteiger partial charge in [-0.1, -0.05) is 35.1 Å². The molecule has 0 unspecified atom stereocenters. The standard InChI is InChI=1S/C21H21FN4O3/c22-17-12-16-18(23-19(17)24-10-4-5-11-24)25(15-8-9-15)21(28)26(20(16)27)29-13-14-6-2-1-3-7-14/h1-3,6-7,12,15H,4-5,8-11,13H2. The minimum absolute atomic E-state index is 0.0402. The summed E-state index contributed by atoms with van der Waals surface area (Å²) in [4.78, 5) is 37.9. The van der Waals surface area contributed by atoms with Crippen molar-refractivity contribution in [1.82, 2.24) is 14.3 Å². The first kappa shape index (κ1) is 17.9. The molecule has 29 heavy (non-hydrogen) atoms. The molecule has 2 aromatic heterocycles. The van der Waals surface area contributed by atoms with Gasteiger partial charge >= 0.3 is 5.69 Å². The molecule has 0 radical (unpaired) electrons. The summed E-state index contributed by atoms with van der Waals surface area (Å²) in [6.07, 6.45) is 3.60. The van der Waals surface area contributed by atoms with Crippen molar-refractivity contribution in [3.63, 3.8) is 0 Å². The highest BCUT2D eigenvalue weighted by molar-refractivity contribution is 5.76. The summed E-state index contributed by atoms with van der Waals surface area (Å²) in [6, 6.07) is 10.4. The molecule has 1 aromatic carbocycles. The smallest absolute Gasteiger partial charge is 0.366 e. The molecule has 1 saturated heterocycles. The Labute approximate surface area is 165 Å². The normalized spacial score (nSPS) is 16.5. The zero-order valence-electron chi connectivity index (χ0n) is 15.9. The second kappa shape index (κ2) is 7.02. The van der Waals surface area contributed by atoms with E-state index in [1.54, 1.807) is 0 Å². The number of hydrogen-bond donors (Lipinski definition) is 0. The lowest BCUT2D eigenvalue weighted by atomic mass is 10.2. The van der Waals surface area contributed by atoms with Gasteiger partial charge in [0.05, 0.1) is 5.39 Å². The number of hydrogen-bond acceptors (Lipinski definition) is 5. The van der Waals surface area contributed by atoms with Crippen molar-refractivity contribution in [2.75, 3.05) is 18.0 Å². The third kappa shape index (κ3) is 3.18. The third-order valence-corrected chi connectivity index (χ3v) is 5.48. The van der Waals surface area contributed by atoms with E-state index in [9.17, 15) is 14.0 Å². The van der Waals surface area contributed by atoms with Crippen LogP contribution in [-0.2, 0) is 6.61 Å². The van der Waals surface area contributed by atoms with E-state index in [4.69, 9.17) is 4.84 Å². The van der Waals surface area contributed by atoms with Crippen molar-refractivity contribution in [3.05, 3.63) is 68.6 Å². The van der Waals surface area contributed by atoms with Gasteiger partial charge in [-0.3, -0.25) is 9.36 Å². The summed E-state index contributed by atoms with van der Waals surface area (Å²) < 4.78 is 17.0. The van der Waals surface area contributed by atoms with Gasteiger partial charge in [0.1, 0.15) is 6.61 Å². The molecule has 1 aliphatic heterocycles. The number of anilines is 1. The second-order valence-corrected chi connectivity index (χ2v) is 7.60. The molecule has 1 saturated carbocycles. The number of halogens is 1. The highest BCUT2D eigenvalue weighted by Gasteiger charge is 2.31. The molecule has 0 spiro atoms. The summed E-state index contributed by atoms with van der Waals surface area (Å²) >= 11 is 0. The monoisotopic (exact) mass is 396 g/mol. The van der Waals surface area contributed by atoms with E-state index in [1.807, 2.05) is 35.2 Å². The molecule has 2 aliphatic rings. The van der Waals surface area contributed by atoms with Crippen LogP contribution in [0.3, 0.4) is 0 Å². The predicted octanol–water partition coefficient (Wildman–Crippen LogP) is 2.26. The van der Waals surface area contributed by atoms with E-state index in [2.05, 4.69) is 4.98 Å². The Morgan fingerprint density at radius 1 is 1.10 bits per heavy atom. The second-order valence-electron chi connectivity index (χ2n) is 7.60. The number of fused-ring (bicyclic) bond motifs is 1. The number of aromatic nitrogens is 3. The molecular formula is C21H21FN4O3. The third-order valence-electron chi connectivity index (χ3n) is 5.48. The molecule has 8 heteroatoms. The molecular weight excluding hydrogens is 375 g/mol. The van der Waals surface area contributed by atoms with E-state index in [-0.39, 0.29) is 29.5 Å². The summed E-state index contributed by atoms with van der Waals surface area (Å²) in [5, 5.41) is 0.0602. The van der Waals surface area contributed by atoms with Gasteiger partial charge in [0.2, 0.25) is 0 Å². The van der Waals surface area contributed by atoms with Gasteiger partial charge in [-0.2, -0.15) is 0 Å². The van der Waals surface area contributed by atoms with Crippen LogP contribution in [0, 0.1) is 5.82 Å². The van der Waals surface area contributed by atoms with Gasteiger partial charge in [0.15, 0.2) is 17.3 Å². The van der Waals surface area contributed by atoms with Crippen LogP contribution < -0.4 is 21.0 Å². The number of rotatable bonds is 5. The summed E-state index contributed by atoms with van der Waals surface area (Å²) in [6.45, 7) is 1.51. The molecule has 0 amide bonds. The molecule has 2 fully saturated rings. The van der Waals surface area contributed by atoms with Crippen LogP contribution in [0.5, 0.6) is 0 Å². The zero-order valence-corrected chi connectivity index (χ0v) is 15.9. The summed E-state index contributed by atoms with van der Waals surface area (Å²) in [7, 11) is 0. The van der Waals surface area contributed by atoms with E-state index in [0.29, 0.717) is 0 Å². The molecule has 1 aliphatic carbocycles. The molecule has 0 atom stereocenters. The SMILES string of the molecule is O=c1c2cc(F)c(N3CCCC3)nc2n(C2CC2)c(=O)n1OCc1ccccc1. The van der Waals surface area contributed by atoms with Gasteiger partial charge in [0, 0.05) is 19.1 Å². The Morgan fingerprint density at radius 3 is 2.52 bits per heavy atom. The Morgan fingerprint density at radius 2 is 1.83 bits per heavy atom. The van der Waals surface area contributed by atoms with Crippen LogP contribution in [0.25, 0.3) is 11.0 Å². The van der Waals surface area contributed by atoms with Gasteiger partial charge in [-0.05, 0) is 37.3 Å². The van der Waals surface area contributed by atoms with Crippen LogP contribution in [-0.4, -0.2) is 27.4 Å². The lowest BCUT2D eigenvalue weighted by Gasteiger charge is -2.19. The largest absolute Gasteiger partial charge is 0.401 e. The molecule has 150 valence electrons. The first-order valence-corrected chi connectivity index (χ1v) is 9.93. The predicted molar refractivity (Wildman–Crippen MR) is 107 cm³/mol. The van der Waals surface area contributed by atoms with Crippen molar-refractivity contribution < 1.29 is 9.23 Å². The maximum absolute atomic E-state index is 14.8.